The maximum absolute atomic E-state index is 13.6. The van der Waals surface area contributed by atoms with Crippen LogP contribution in [0.5, 0.6) is 0 Å². The zero-order chi connectivity index (χ0) is 24.1. The van der Waals surface area contributed by atoms with E-state index in [1.807, 2.05) is 29.9 Å². The van der Waals surface area contributed by atoms with Crippen molar-refractivity contribution in [2.45, 2.75) is 25.8 Å². The number of ether oxygens (including phenoxy) is 1. The molecule has 0 saturated carbocycles. The normalized spacial score (nSPS) is 18.7. The van der Waals surface area contributed by atoms with Crippen LogP contribution >= 0.6 is 0 Å². The third-order valence-corrected chi connectivity index (χ3v) is 6.43. The van der Waals surface area contributed by atoms with Gasteiger partial charge in [0.25, 0.3) is 5.91 Å². The van der Waals surface area contributed by atoms with Crippen LogP contribution in [-0.4, -0.2) is 82.8 Å². The number of carbonyl (C=O) groups is 2. The molecule has 2 aromatic rings. The molecular formula is C25H32FN5O3. The fraction of sp³-hybridized carbons (Fsp3) is 0.480. The minimum atomic E-state index is -0.351. The standard InChI is InChI=1S/C25H32FN5O3/c1-3-24(32)30(12-11-29-13-15-34-16-14-29)18-25(33)31-23(19-6-8-20(26)9-7-19)17-21(27-31)22-5-4-10-28(22)2/h4-10,23H,3,11-18H2,1-2H3/t23-/m1/s1. The van der Waals surface area contributed by atoms with E-state index in [9.17, 15) is 14.0 Å². The van der Waals surface area contributed by atoms with Crippen molar-refractivity contribution in [1.82, 2.24) is 19.4 Å². The van der Waals surface area contributed by atoms with Crippen LogP contribution in [0.3, 0.4) is 0 Å². The minimum Gasteiger partial charge on any atom is -0.379 e. The fourth-order valence-corrected chi connectivity index (χ4v) is 4.44. The van der Waals surface area contributed by atoms with E-state index < -0.39 is 0 Å². The van der Waals surface area contributed by atoms with Crippen LogP contribution in [0.15, 0.2) is 47.7 Å². The molecule has 3 heterocycles. The van der Waals surface area contributed by atoms with Gasteiger partial charge in [-0.2, -0.15) is 5.10 Å². The van der Waals surface area contributed by atoms with Gasteiger partial charge in [-0.1, -0.05) is 19.1 Å². The summed E-state index contributed by atoms with van der Waals surface area (Å²) in [6, 6.07) is 9.72. The average Bonchev–Trinajstić information content (AvgIpc) is 3.48. The highest BCUT2D eigenvalue weighted by Crippen LogP contribution is 2.33. The predicted molar refractivity (Wildman–Crippen MR) is 127 cm³/mol. The van der Waals surface area contributed by atoms with Crippen molar-refractivity contribution < 1.29 is 18.7 Å². The second kappa shape index (κ2) is 10.9. The van der Waals surface area contributed by atoms with Crippen LogP contribution in [0.2, 0.25) is 0 Å². The number of hydrogen-bond acceptors (Lipinski definition) is 5. The van der Waals surface area contributed by atoms with Crippen molar-refractivity contribution in [2.24, 2.45) is 12.1 Å². The Hall–Kier alpha value is -3.04. The van der Waals surface area contributed by atoms with E-state index in [0.717, 1.165) is 30.1 Å². The van der Waals surface area contributed by atoms with Crippen LogP contribution in [0.25, 0.3) is 0 Å². The first-order valence-corrected chi connectivity index (χ1v) is 11.8. The van der Waals surface area contributed by atoms with E-state index in [-0.39, 0.29) is 30.2 Å². The summed E-state index contributed by atoms with van der Waals surface area (Å²) in [6.07, 6.45) is 2.78. The summed E-state index contributed by atoms with van der Waals surface area (Å²) in [4.78, 5) is 30.0. The molecule has 0 bridgehead atoms. The summed E-state index contributed by atoms with van der Waals surface area (Å²) in [6.45, 7) is 5.95. The number of hydrogen-bond donors (Lipinski definition) is 0. The van der Waals surface area contributed by atoms with E-state index in [1.54, 1.807) is 24.0 Å². The van der Waals surface area contributed by atoms with Crippen molar-refractivity contribution in [2.75, 3.05) is 45.9 Å². The first-order chi connectivity index (χ1) is 16.5. The van der Waals surface area contributed by atoms with Crippen LogP contribution in [0, 0.1) is 5.82 Å². The van der Waals surface area contributed by atoms with Crippen molar-refractivity contribution in [3.05, 3.63) is 59.7 Å². The van der Waals surface area contributed by atoms with Gasteiger partial charge in [0.15, 0.2) is 0 Å². The Balaban J connectivity index is 1.53. The molecular weight excluding hydrogens is 437 g/mol. The molecule has 8 nitrogen and oxygen atoms in total. The summed E-state index contributed by atoms with van der Waals surface area (Å²) < 4.78 is 20.9. The lowest BCUT2D eigenvalue weighted by molar-refractivity contribution is -0.141. The third-order valence-electron chi connectivity index (χ3n) is 6.43. The number of aryl methyl sites for hydroxylation is 1. The van der Waals surface area contributed by atoms with E-state index in [4.69, 9.17) is 4.74 Å². The molecule has 0 radical (unpaired) electrons. The Morgan fingerprint density at radius 1 is 1.18 bits per heavy atom. The van der Waals surface area contributed by atoms with Gasteiger partial charge in [0.2, 0.25) is 5.91 Å². The molecule has 9 heteroatoms. The van der Waals surface area contributed by atoms with Crippen LogP contribution in [0.4, 0.5) is 4.39 Å². The Labute approximate surface area is 199 Å². The summed E-state index contributed by atoms with van der Waals surface area (Å²) in [5, 5.41) is 6.15. The van der Waals surface area contributed by atoms with Gasteiger partial charge in [0.1, 0.15) is 12.4 Å². The van der Waals surface area contributed by atoms with Crippen LogP contribution in [-0.2, 0) is 21.4 Å². The molecule has 2 amide bonds. The predicted octanol–water partition coefficient (Wildman–Crippen LogP) is 2.41. The topological polar surface area (TPSA) is 70.4 Å². The number of halogens is 1. The van der Waals surface area contributed by atoms with Gasteiger partial charge in [0.05, 0.1) is 30.7 Å². The van der Waals surface area contributed by atoms with Gasteiger partial charge in [-0.15, -0.1) is 0 Å². The Kier molecular flexibility index (Phi) is 7.74. The molecule has 0 aliphatic carbocycles. The lowest BCUT2D eigenvalue weighted by Gasteiger charge is -2.31. The van der Waals surface area contributed by atoms with E-state index >= 15 is 0 Å². The number of benzene rings is 1. The number of rotatable bonds is 8. The Bertz CT molecular complexity index is 1030. The van der Waals surface area contributed by atoms with Gasteiger partial charge in [-0.25, -0.2) is 9.40 Å². The highest BCUT2D eigenvalue weighted by Gasteiger charge is 2.35. The summed E-state index contributed by atoms with van der Waals surface area (Å²) in [5.41, 5.74) is 2.53. The largest absolute Gasteiger partial charge is 0.379 e. The Morgan fingerprint density at radius 2 is 1.91 bits per heavy atom. The zero-order valence-electron chi connectivity index (χ0n) is 19.8. The quantitative estimate of drug-likeness (QED) is 0.596. The maximum atomic E-state index is 13.6. The molecule has 0 unspecified atom stereocenters. The maximum Gasteiger partial charge on any atom is 0.262 e. The van der Waals surface area contributed by atoms with Crippen molar-refractivity contribution in [3.63, 3.8) is 0 Å². The van der Waals surface area contributed by atoms with Crippen molar-refractivity contribution in [3.8, 4) is 0 Å². The van der Waals surface area contributed by atoms with Crippen molar-refractivity contribution in [1.29, 1.82) is 0 Å². The van der Waals surface area contributed by atoms with Gasteiger partial charge in [-0.3, -0.25) is 14.5 Å². The van der Waals surface area contributed by atoms with E-state index in [0.29, 0.717) is 39.1 Å². The molecule has 4 rings (SSSR count). The Morgan fingerprint density at radius 3 is 2.56 bits per heavy atom. The van der Waals surface area contributed by atoms with Gasteiger partial charge >= 0.3 is 0 Å². The summed E-state index contributed by atoms with van der Waals surface area (Å²) >= 11 is 0. The molecule has 1 fully saturated rings. The van der Waals surface area contributed by atoms with Gasteiger partial charge in [-0.05, 0) is 29.8 Å². The second-order valence-electron chi connectivity index (χ2n) is 8.68. The first-order valence-electron chi connectivity index (χ1n) is 11.8. The monoisotopic (exact) mass is 469 g/mol. The SMILES string of the molecule is CCC(=O)N(CCN1CCOCC1)CC(=O)N1N=C(c2cccn2C)C[C@@H]1c1ccc(F)cc1. The molecule has 1 aromatic heterocycles. The number of amides is 2. The number of hydrazone groups is 1. The number of carbonyl (C=O) groups excluding carboxylic acids is 2. The molecule has 1 saturated heterocycles. The average molecular weight is 470 g/mol. The highest BCUT2D eigenvalue weighted by molar-refractivity contribution is 6.02. The number of nitrogens with zero attached hydrogens (tertiary/aromatic N) is 5. The molecule has 1 aromatic carbocycles. The van der Waals surface area contributed by atoms with Crippen LogP contribution < -0.4 is 0 Å². The number of aromatic nitrogens is 1. The smallest absolute Gasteiger partial charge is 0.262 e. The molecule has 182 valence electrons. The highest BCUT2D eigenvalue weighted by atomic mass is 19.1. The van der Waals surface area contributed by atoms with Gasteiger partial charge < -0.3 is 14.2 Å². The van der Waals surface area contributed by atoms with Crippen LogP contribution in [0.1, 0.15) is 37.1 Å². The van der Waals surface area contributed by atoms with Gasteiger partial charge in [0, 0.05) is 52.3 Å². The third kappa shape index (κ3) is 5.53. The molecule has 0 spiro atoms. The number of morpholine rings is 1. The fourth-order valence-electron chi connectivity index (χ4n) is 4.44. The first kappa shape index (κ1) is 24.1. The molecule has 34 heavy (non-hydrogen) atoms. The lowest BCUT2D eigenvalue weighted by atomic mass is 10.0. The molecule has 2 aliphatic heterocycles. The van der Waals surface area contributed by atoms with E-state index in [1.165, 1.54) is 17.1 Å². The summed E-state index contributed by atoms with van der Waals surface area (Å²) in [5.74, 6) is -0.640. The lowest BCUT2D eigenvalue weighted by Crippen LogP contribution is -2.46. The molecule has 0 N–H and O–H groups in total. The minimum absolute atomic E-state index is 0.0430. The molecule has 1 atom stereocenters. The zero-order valence-corrected chi connectivity index (χ0v) is 19.8. The summed E-state index contributed by atoms with van der Waals surface area (Å²) in [7, 11) is 1.93. The van der Waals surface area contributed by atoms with E-state index in [2.05, 4.69) is 10.0 Å². The second-order valence-corrected chi connectivity index (χ2v) is 8.68. The van der Waals surface area contributed by atoms with Crippen molar-refractivity contribution >= 4 is 17.5 Å². The molecule has 2 aliphatic rings.